The quantitative estimate of drug-likeness (QED) is 0.493. The summed E-state index contributed by atoms with van der Waals surface area (Å²) < 4.78 is 32.5. The van der Waals surface area contributed by atoms with E-state index >= 15 is 0 Å². The maximum Gasteiger partial charge on any atom is 0.308 e. The molecule has 10 heteroatoms. The van der Waals surface area contributed by atoms with Crippen LogP contribution < -0.4 is 5.32 Å². The summed E-state index contributed by atoms with van der Waals surface area (Å²) in [6.45, 7) is 1.04. The van der Waals surface area contributed by atoms with Crippen LogP contribution in [0.25, 0.3) is 0 Å². The highest BCUT2D eigenvalue weighted by molar-refractivity contribution is 7.89. The summed E-state index contributed by atoms with van der Waals surface area (Å²) in [4.78, 5) is 37.0. The Hall–Kier alpha value is -3.08. The Bertz CT molecular complexity index is 1110. The molecule has 0 aliphatic carbocycles. The van der Waals surface area contributed by atoms with E-state index in [9.17, 15) is 27.9 Å². The van der Waals surface area contributed by atoms with Gasteiger partial charge in [-0.25, -0.2) is 8.42 Å². The molecule has 0 bridgehead atoms. The summed E-state index contributed by atoms with van der Waals surface area (Å²) in [6.07, 6.45) is -0.484. The zero-order chi connectivity index (χ0) is 24.7. The monoisotopic (exact) mass is 488 g/mol. The van der Waals surface area contributed by atoms with E-state index in [0.29, 0.717) is 6.42 Å². The third-order valence-corrected chi connectivity index (χ3v) is 7.54. The maximum absolute atomic E-state index is 13.1. The van der Waals surface area contributed by atoms with E-state index in [0.717, 1.165) is 9.87 Å². The summed E-state index contributed by atoms with van der Waals surface area (Å²) in [5.74, 6) is -3.34. The number of carboxylic acids is 1. The smallest absolute Gasteiger partial charge is 0.308 e. The lowest BCUT2D eigenvalue weighted by molar-refractivity contribution is -0.144. The Morgan fingerprint density at radius 2 is 1.71 bits per heavy atom. The van der Waals surface area contributed by atoms with Crippen LogP contribution in [0.2, 0.25) is 0 Å². The largest absolute Gasteiger partial charge is 0.481 e. The van der Waals surface area contributed by atoms with Crippen molar-refractivity contribution >= 4 is 27.7 Å². The Labute approximate surface area is 198 Å². The first-order valence-electron chi connectivity index (χ1n) is 10.9. The fourth-order valence-corrected chi connectivity index (χ4v) is 5.36. The number of carboxylic acid groups (broad SMARTS) is 1. The molecule has 0 aromatic heterocycles. The lowest BCUT2D eigenvalue weighted by Gasteiger charge is -2.24. The number of aryl methyl sites for hydroxylation is 1. The van der Waals surface area contributed by atoms with Crippen LogP contribution in [0, 0.1) is 5.92 Å². The number of Topliss-reactive ketones (excluding diaryl/α,β-unsaturated/α-hetero) is 1. The van der Waals surface area contributed by atoms with E-state index in [-0.39, 0.29) is 30.5 Å². The minimum absolute atomic E-state index is 0.0194. The van der Waals surface area contributed by atoms with E-state index < -0.39 is 46.3 Å². The van der Waals surface area contributed by atoms with Gasteiger partial charge >= 0.3 is 5.97 Å². The van der Waals surface area contributed by atoms with Crippen LogP contribution in [-0.2, 0) is 35.6 Å². The van der Waals surface area contributed by atoms with Crippen LogP contribution >= 0.6 is 0 Å². The van der Waals surface area contributed by atoms with Crippen molar-refractivity contribution in [2.24, 2.45) is 5.92 Å². The number of benzene rings is 2. The first-order chi connectivity index (χ1) is 16.2. The molecule has 9 nitrogen and oxygen atoms in total. The highest BCUT2D eigenvalue weighted by Gasteiger charge is 2.45. The molecule has 34 heavy (non-hydrogen) atoms. The Balaban J connectivity index is 1.62. The fraction of sp³-hybridized carbons (Fsp3) is 0.375. The number of carbonyl (C=O) groups is 3. The van der Waals surface area contributed by atoms with E-state index in [2.05, 4.69) is 5.32 Å². The molecule has 3 atom stereocenters. The van der Waals surface area contributed by atoms with Crippen molar-refractivity contribution in [3.05, 3.63) is 66.2 Å². The van der Waals surface area contributed by atoms with Crippen LogP contribution in [0.4, 0.5) is 0 Å². The van der Waals surface area contributed by atoms with Gasteiger partial charge in [-0.05, 0) is 31.0 Å². The van der Waals surface area contributed by atoms with Gasteiger partial charge in [-0.2, -0.15) is 4.31 Å². The molecule has 1 fully saturated rings. The molecular formula is C24H28N2O7S. The van der Waals surface area contributed by atoms with Crippen molar-refractivity contribution in [1.82, 2.24) is 9.62 Å². The van der Waals surface area contributed by atoms with Gasteiger partial charge in [-0.3, -0.25) is 14.4 Å². The standard InChI is InChI=1S/C24H28N2O7S/c1-17-23(26(16-33-17)34(31,32)20-10-6-3-7-11-20)21(27)14-19(24(29)30)15-25-22(28)13-12-18-8-4-2-5-9-18/h2-11,17,19,23H,12-16H2,1H3,(H,25,28)(H,29,30). The van der Waals surface area contributed by atoms with Gasteiger partial charge < -0.3 is 15.2 Å². The van der Waals surface area contributed by atoms with Crippen molar-refractivity contribution in [3.63, 3.8) is 0 Å². The molecule has 1 saturated heterocycles. The molecule has 3 unspecified atom stereocenters. The third-order valence-electron chi connectivity index (χ3n) is 5.73. The lowest BCUT2D eigenvalue weighted by Crippen LogP contribution is -2.46. The van der Waals surface area contributed by atoms with E-state index in [1.165, 1.54) is 12.1 Å². The van der Waals surface area contributed by atoms with Gasteiger partial charge in [0, 0.05) is 19.4 Å². The summed E-state index contributed by atoms with van der Waals surface area (Å²) in [7, 11) is -4.01. The molecule has 0 saturated carbocycles. The number of nitrogens with one attached hydrogen (secondary N) is 1. The topological polar surface area (TPSA) is 130 Å². The van der Waals surface area contributed by atoms with Crippen molar-refractivity contribution in [1.29, 1.82) is 0 Å². The molecule has 1 heterocycles. The first kappa shape index (κ1) is 25.5. The number of ether oxygens (including phenoxy) is 1. The van der Waals surface area contributed by atoms with E-state index in [4.69, 9.17) is 4.74 Å². The number of ketones is 1. The predicted octanol–water partition coefficient (Wildman–Crippen LogP) is 1.83. The van der Waals surface area contributed by atoms with E-state index in [1.807, 2.05) is 30.3 Å². The summed E-state index contributed by atoms with van der Waals surface area (Å²) in [6, 6.07) is 15.9. The van der Waals surface area contributed by atoms with Crippen LogP contribution in [-0.4, -0.2) is 60.9 Å². The number of amides is 1. The third kappa shape index (κ3) is 6.28. The van der Waals surface area contributed by atoms with Crippen molar-refractivity contribution < 1.29 is 32.6 Å². The second-order valence-electron chi connectivity index (χ2n) is 8.15. The minimum Gasteiger partial charge on any atom is -0.481 e. The van der Waals surface area contributed by atoms with Gasteiger partial charge in [0.25, 0.3) is 0 Å². The van der Waals surface area contributed by atoms with Crippen LogP contribution in [0.3, 0.4) is 0 Å². The molecule has 2 aromatic rings. The normalized spacial score (nSPS) is 19.4. The molecule has 1 aliphatic rings. The fourth-order valence-electron chi connectivity index (χ4n) is 3.80. The second-order valence-corrected chi connectivity index (χ2v) is 10.0. The Morgan fingerprint density at radius 1 is 1.09 bits per heavy atom. The number of sulfonamides is 1. The van der Waals surface area contributed by atoms with Crippen LogP contribution in [0.5, 0.6) is 0 Å². The molecule has 2 N–H and O–H groups in total. The average Bonchev–Trinajstić information content (AvgIpc) is 3.23. The molecule has 182 valence electrons. The Kier molecular flexibility index (Phi) is 8.54. The maximum atomic E-state index is 13.1. The lowest BCUT2D eigenvalue weighted by atomic mass is 9.96. The molecule has 0 spiro atoms. The Morgan fingerprint density at radius 3 is 2.32 bits per heavy atom. The number of carbonyl (C=O) groups excluding carboxylic acids is 2. The molecule has 1 aliphatic heterocycles. The first-order valence-corrected chi connectivity index (χ1v) is 12.4. The van der Waals surface area contributed by atoms with Crippen molar-refractivity contribution in [2.75, 3.05) is 13.3 Å². The van der Waals surface area contributed by atoms with Crippen molar-refractivity contribution in [3.8, 4) is 0 Å². The highest BCUT2D eigenvalue weighted by atomic mass is 32.2. The minimum atomic E-state index is -4.01. The van der Waals surface area contributed by atoms with Gasteiger partial charge in [-0.1, -0.05) is 48.5 Å². The molecule has 0 radical (unpaired) electrons. The van der Waals surface area contributed by atoms with Gasteiger partial charge in [0.1, 0.15) is 12.8 Å². The molecular weight excluding hydrogens is 460 g/mol. The van der Waals surface area contributed by atoms with Crippen LogP contribution in [0.1, 0.15) is 25.3 Å². The number of hydrogen-bond donors (Lipinski definition) is 2. The highest BCUT2D eigenvalue weighted by Crippen LogP contribution is 2.27. The second kappa shape index (κ2) is 11.4. The molecule has 1 amide bonds. The van der Waals surface area contributed by atoms with Crippen LogP contribution in [0.15, 0.2) is 65.6 Å². The SMILES string of the molecule is CC1OCN(S(=O)(=O)c2ccccc2)C1C(=O)CC(CNC(=O)CCc1ccccc1)C(=O)O. The van der Waals surface area contributed by atoms with Gasteiger partial charge in [-0.15, -0.1) is 0 Å². The van der Waals surface area contributed by atoms with Crippen molar-refractivity contribution in [2.45, 2.75) is 43.2 Å². The predicted molar refractivity (Wildman–Crippen MR) is 123 cm³/mol. The van der Waals surface area contributed by atoms with Gasteiger partial charge in [0.05, 0.1) is 16.9 Å². The zero-order valence-electron chi connectivity index (χ0n) is 18.8. The summed E-state index contributed by atoms with van der Waals surface area (Å²) in [5, 5.41) is 12.2. The number of hydrogen-bond acceptors (Lipinski definition) is 6. The zero-order valence-corrected chi connectivity index (χ0v) is 19.6. The van der Waals surface area contributed by atoms with Gasteiger partial charge in [0.2, 0.25) is 15.9 Å². The summed E-state index contributed by atoms with van der Waals surface area (Å²) in [5.41, 5.74) is 0.984. The number of nitrogens with zero attached hydrogens (tertiary/aromatic N) is 1. The summed E-state index contributed by atoms with van der Waals surface area (Å²) >= 11 is 0. The average molecular weight is 489 g/mol. The van der Waals surface area contributed by atoms with E-state index in [1.54, 1.807) is 25.1 Å². The van der Waals surface area contributed by atoms with Gasteiger partial charge in [0.15, 0.2) is 5.78 Å². The number of rotatable bonds is 11. The molecule has 2 aromatic carbocycles. The molecule has 3 rings (SSSR count). The number of aliphatic carboxylic acids is 1.